The zero-order valence-electron chi connectivity index (χ0n) is 11.2. The first-order valence-electron chi connectivity index (χ1n) is 6.49. The van der Waals surface area contributed by atoms with Crippen molar-refractivity contribution in [3.8, 4) is 16.9 Å². The molecule has 5 nitrogen and oxygen atoms in total. The van der Waals surface area contributed by atoms with Crippen molar-refractivity contribution in [1.82, 2.24) is 9.97 Å². The fourth-order valence-electron chi connectivity index (χ4n) is 2.24. The zero-order chi connectivity index (χ0) is 13.9. The van der Waals surface area contributed by atoms with E-state index < -0.39 is 0 Å². The molecule has 5 heteroatoms. The quantitative estimate of drug-likeness (QED) is 0.852. The highest BCUT2D eigenvalue weighted by molar-refractivity contribution is 5.86. The maximum atomic E-state index is 11.3. The van der Waals surface area contributed by atoms with E-state index >= 15 is 0 Å². The molecule has 0 bridgehead atoms. The molecule has 2 heterocycles. The van der Waals surface area contributed by atoms with Crippen molar-refractivity contribution in [2.24, 2.45) is 0 Å². The molecule has 2 aromatic rings. The molecule has 0 amide bonds. The third-order valence-electron chi connectivity index (χ3n) is 3.35. The van der Waals surface area contributed by atoms with Gasteiger partial charge in [0.15, 0.2) is 5.78 Å². The van der Waals surface area contributed by atoms with E-state index in [0.717, 1.165) is 16.9 Å². The minimum Gasteiger partial charge on any atom is -0.497 e. The Morgan fingerprint density at radius 3 is 2.65 bits per heavy atom. The van der Waals surface area contributed by atoms with Crippen LogP contribution < -0.4 is 9.64 Å². The molecule has 0 N–H and O–H groups in total. The Morgan fingerprint density at radius 1 is 1.20 bits per heavy atom. The fraction of sp³-hybridized carbons (Fsp3) is 0.267. The predicted octanol–water partition coefficient (Wildman–Crippen LogP) is 1.93. The summed E-state index contributed by atoms with van der Waals surface area (Å²) in [5.41, 5.74) is 1.94. The third-order valence-corrected chi connectivity index (χ3v) is 3.35. The van der Waals surface area contributed by atoms with Gasteiger partial charge in [0.05, 0.1) is 13.7 Å². The van der Waals surface area contributed by atoms with Gasteiger partial charge in [-0.1, -0.05) is 12.1 Å². The van der Waals surface area contributed by atoms with Gasteiger partial charge < -0.3 is 9.64 Å². The Kier molecular flexibility index (Phi) is 3.33. The normalized spacial score (nSPS) is 14.7. The minimum atomic E-state index is 0.241. The second-order valence-electron chi connectivity index (χ2n) is 4.71. The largest absolute Gasteiger partial charge is 0.497 e. The zero-order valence-corrected chi connectivity index (χ0v) is 11.2. The van der Waals surface area contributed by atoms with Crippen LogP contribution in [0.3, 0.4) is 0 Å². The van der Waals surface area contributed by atoms with Gasteiger partial charge in [-0.25, -0.2) is 9.97 Å². The first-order chi connectivity index (χ1) is 9.76. The lowest BCUT2D eigenvalue weighted by Gasteiger charge is -2.13. The topological polar surface area (TPSA) is 55.3 Å². The molecule has 1 fully saturated rings. The number of anilines is 1. The molecule has 0 atom stereocenters. The summed E-state index contributed by atoms with van der Waals surface area (Å²) in [6.45, 7) is 1.12. The number of hydrogen-bond acceptors (Lipinski definition) is 5. The number of carbonyl (C=O) groups excluding carboxylic acids is 1. The second kappa shape index (κ2) is 5.28. The summed E-state index contributed by atoms with van der Waals surface area (Å²) in [5, 5.41) is 0. The standard InChI is InChI=1S/C15H15N3O2/c1-20-14-4-2-3-11(7-14)12-8-16-15(17-9-12)18-6-5-13(19)10-18/h2-4,7-9H,5-6,10H2,1H3. The van der Waals surface area contributed by atoms with E-state index in [4.69, 9.17) is 4.74 Å². The lowest BCUT2D eigenvalue weighted by atomic mass is 10.1. The molecule has 1 aliphatic rings. The number of ketones is 1. The molecule has 1 aromatic heterocycles. The molecule has 1 aromatic carbocycles. The number of methoxy groups -OCH3 is 1. The van der Waals surface area contributed by atoms with Gasteiger partial charge in [-0.05, 0) is 17.7 Å². The smallest absolute Gasteiger partial charge is 0.225 e. The minimum absolute atomic E-state index is 0.241. The SMILES string of the molecule is COc1cccc(-c2cnc(N3CCC(=O)C3)nc2)c1. The maximum Gasteiger partial charge on any atom is 0.225 e. The maximum absolute atomic E-state index is 11.3. The highest BCUT2D eigenvalue weighted by atomic mass is 16.5. The number of rotatable bonds is 3. The number of hydrogen-bond donors (Lipinski definition) is 0. The van der Waals surface area contributed by atoms with E-state index in [1.807, 2.05) is 29.2 Å². The van der Waals surface area contributed by atoms with Crippen molar-refractivity contribution in [2.75, 3.05) is 25.1 Å². The highest BCUT2D eigenvalue weighted by Gasteiger charge is 2.21. The fourth-order valence-corrected chi connectivity index (χ4v) is 2.24. The van der Waals surface area contributed by atoms with Gasteiger partial charge in [0.1, 0.15) is 5.75 Å². The number of aromatic nitrogens is 2. The Bertz CT molecular complexity index is 625. The molecule has 0 saturated carbocycles. The molecule has 102 valence electrons. The average Bonchev–Trinajstić information content (AvgIpc) is 2.94. The highest BCUT2D eigenvalue weighted by Crippen LogP contribution is 2.23. The van der Waals surface area contributed by atoms with Crippen LogP contribution in [0.15, 0.2) is 36.7 Å². The van der Waals surface area contributed by atoms with Crippen molar-refractivity contribution in [3.63, 3.8) is 0 Å². The van der Waals surface area contributed by atoms with Gasteiger partial charge in [-0.3, -0.25) is 4.79 Å². The van der Waals surface area contributed by atoms with Gasteiger partial charge in [0.2, 0.25) is 5.95 Å². The van der Waals surface area contributed by atoms with Gasteiger partial charge in [-0.2, -0.15) is 0 Å². The number of benzene rings is 1. The van der Waals surface area contributed by atoms with E-state index in [1.54, 1.807) is 19.5 Å². The molecule has 1 aliphatic heterocycles. The summed E-state index contributed by atoms with van der Waals surface area (Å²) in [7, 11) is 1.64. The van der Waals surface area contributed by atoms with Crippen LogP contribution in [-0.2, 0) is 4.79 Å². The monoisotopic (exact) mass is 269 g/mol. The number of ether oxygens (including phenoxy) is 1. The molecular weight excluding hydrogens is 254 g/mol. The lowest BCUT2D eigenvalue weighted by Crippen LogP contribution is -2.21. The van der Waals surface area contributed by atoms with E-state index in [2.05, 4.69) is 9.97 Å². The first kappa shape index (κ1) is 12.6. The number of nitrogens with zero attached hydrogens (tertiary/aromatic N) is 3. The van der Waals surface area contributed by atoms with Gasteiger partial charge >= 0.3 is 0 Å². The summed E-state index contributed by atoms with van der Waals surface area (Å²) >= 11 is 0. The second-order valence-corrected chi connectivity index (χ2v) is 4.71. The molecule has 0 unspecified atom stereocenters. The molecule has 0 aliphatic carbocycles. The molecule has 1 saturated heterocycles. The summed E-state index contributed by atoms with van der Waals surface area (Å²) in [6.07, 6.45) is 4.14. The summed E-state index contributed by atoms with van der Waals surface area (Å²) in [6, 6.07) is 7.76. The Balaban J connectivity index is 1.83. The van der Waals surface area contributed by atoms with Crippen LogP contribution in [-0.4, -0.2) is 36.0 Å². The Hall–Kier alpha value is -2.43. The van der Waals surface area contributed by atoms with Crippen LogP contribution in [0.4, 0.5) is 5.95 Å². The lowest BCUT2D eigenvalue weighted by molar-refractivity contribution is -0.116. The number of Topliss-reactive ketones (excluding diaryl/α,β-unsaturated/α-hetero) is 1. The van der Waals surface area contributed by atoms with Crippen LogP contribution in [0.1, 0.15) is 6.42 Å². The van der Waals surface area contributed by atoms with Crippen molar-refractivity contribution >= 4 is 11.7 Å². The summed E-state index contributed by atoms with van der Waals surface area (Å²) < 4.78 is 5.21. The first-order valence-corrected chi connectivity index (χ1v) is 6.49. The molecule has 0 radical (unpaired) electrons. The van der Waals surface area contributed by atoms with Gasteiger partial charge in [-0.15, -0.1) is 0 Å². The predicted molar refractivity (Wildman–Crippen MR) is 75.9 cm³/mol. The van der Waals surface area contributed by atoms with Gasteiger partial charge in [0.25, 0.3) is 0 Å². The van der Waals surface area contributed by atoms with E-state index in [-0.39, 0.29) is 5.78 Å². The van der Waals surface area contributed by atoms with Crippen molar-refractivity contribution in [1.29, 1.82) is 0 Å². The number of carbonyl (C=O) groups is 1. The molecule has 20 heavy (non-hydrogen) atoms. The average molecular weight is 269 g/mol. The molecule has 0 spiro atoms. The van der Waals surface area contributed by atoms with E-state index in [0.29, 0.717) is 25.5 Å². The van der Waals surface area contributed by atoms with Crippen LogP contribution in [0, 0.1) is 0 Å². The summed E-state index contributed by atoms with van der Waals surface area (Å²) in [5.74, 6) is 1.66. The molecule has 3 rings (SSSR count). The Labute approximate surface area is 117 Å². The molecular formula is C15H15N3O2. The van der Waals surface area contributed by atoms with Crippen LogP contribution in [0.5, 0.6) is 5.75 Å². The van der Waals surface area contributed by atoms with Crippen LogP contribution in [0.25, 0.3) is 11.1 Å². The third kappa shape index (κ3) is 2.47. The van der Waals surface area contributed by atoms with Crippen LogP contribution >= 0.6 is 0 Å². The van der Waals surface area contributed by atoms with Crippen molar-refractivity contribution in [3.05, 3.63) is 36.7 Å². The van der Waals surface area contributed by atoms with Crippen LogP contribution in [0.2, 0.25) is 0 Å². The Morgan fingerprint density at radius 2 is 2.00 bits per heavy atom. The van der Waals surface area contributed by atoms with Crippen molar-refractivity contribution < 1.29 is 9.53 Å². The van der Waals surface area contributed by atoms with Crippen molar-refractivity contribution in [2.45, 2.75) is 6.42 Å². The van der Waals surface area contributed by atoms with E-state index in [1.165, 1.54) is 0 Å². The van der Waals surface area contributed by atoms with Gasteiger partial charge in [0, 0.05) is 30.9 Å². The van der Waals surface area contributed by atoms with E-state index in [9.17, 15) is 4.79 Å². The summed E-state index contributed by atoms with van der Waals surface area (Å²) in [4.78, 5) is 21.9.